The summed E-state index contributed by atoms with van der Waals surface area (Å²) in [6, 6.07) is 19.3. The molecular formula is C26H26BrClN2O4S. The minimum Gasteiger partial charge on any atom is -0.492 e. The fourth-order valence-electron chi connectivity index (χ4n) is 4.28. The second kappa shape index (κ2) is 10.7. The SMILES string of the molecule is CCOc1ccc(S(=O)(=O)N(CC(=O)N2c3ccc(Br)cc3C[C@H]2C)Cc2ccccc2)cc1Cl. The van der Waals surface area contributed by atoms with Gasteiger partial charge < -0.3 is 9.64 Å². The summed E-state index contributed by atoms with van der Waals surface area (Å²) in [7, 11) is -4.04. The van der Waals surface area contributed by atoms with Gasteiger partial charge in [-0.3, -0.25) is 4.79 Å². The summed E-state index contributed by atoms with van der Waals surface area (Å²) in [4.78, 5) is 15.3. The summed E-state index contributed by atoms with van der Waals surface area (Å²) in [6.45, 7) is 3.95. The van der Waals surface area contributed by atoms with Crippen molar-refractivity contribution in [1.82, 2.24) is 4.31 Å². The number of hydrogen-bond acceptors (Lipinski definition) is 4. The van der Waals surface area contributed by atoms with Crippen LogP contribution < -0.4 is 9.64 Å². The minimum absolute atomic E-state index is 0.00786. The van der Waals surface area contributed by atoms with E-state index in [4.69, 9.17) is 16.3 Å². The van der Waals surface area contributed by atoms with Crippen molar-refractivity contribution in [3.8, 4) is 5.75 Å². The summed E-state index contributed by atoms with van der Waals surface area (Å²) in [5, 5.41) is 0.201. The Morgan fingerprint density at radius 2 is 1.89 bits per heavy atom. The first-order chi connectivity index (χ1) is 16.7. The smallest absolute Gasteiger partial charge is 0.243 e. The lowest BCUT2D eigenvalue weighted by Crippen LogP contribution is -2.44. The number of halogens is 2. The summed E-state index contributed by atoms with van der Waals surface area (Å²) in [5.74, 6) is 0.127. The Kier molecular flexibility index (Phi) is 7.86. The van der Waals surface area contributed by atoms with E-state index in [2.05, 4.69) is 15.9 Å². The van der Waals surface area contributed by atoms with E-state index in [1.54, 1.807) is 4.90 Å². The lowest BCUT2D eigenvalue weighted by atomic mass is 10.1. The molecule has 0 radical (unpaired) electrons. The number of carbonyl (C=O) groups is 1. The van der Waals surface area contributed by atoms with Crippen LogP contribution in [0.25, 0.3) is 0 Å². The predicted octanol–water partition coefficient (Wildman–Crippen LogP) is 5.67. The Bertz CT molecular complexity index is 1330. The summed E-state index contributed by atoms with van der Waals surface area (Å²) >= 11 is 9.77. The number of ether oxygens (including phenoxy) is 1. The zero-order chi connectivity index (χ0) is 25.2. The van der Waals surface area contributed by atoms with Crippen molar-refractivity contribution < 1.29 is 17.9 Å². The molecule has 0 aliphatic carbocycles. The average molecular weight is 578 g/mol. The normalized spacial score (nSPS) is 15.3. The number of amides is 1. The molecule has 1 atom stereocenters. The third-order valence-electron chi connectivity index (χ3n) is 5.88. The first kappa shape index (κ1) is 25.7. The van der Waals surface area contributed by atoms with Gasteiger partial charge in [-0.05, 0) is 67.8 Å². The Balaban J connectivity index is 1.67. The molecule has 6 nitrogen and oxygen atoms in total. The van der Waals surface area contributed by atoms with Crippen molar-refractivity contribution in [2.24, 2.45) is 0 Å². The predicted molar refractivity (Wildman–Crippen MR) is 141 cm³/mol. The van der Waals surface area contributed by atoms with E-state index in [-0.39, 0.29) is 35.0 Å². The van der Waals surface area contributed by atoms with Crippen molar-refractivity contribution in [2.75, 3.05) is 18.1 Å². The van der Waals surface area contributed by atoms with E-state index in [1.807, 2.05) is 62.4 Å². The van der Waals surface area contributed by atoms with Crippen LogP contribution >= 0.6 is 27.5 Å². The number of fused-ring (bicyclic) bond motifs is 1. The van der Waals surface area contributed by atoms with Crippen LogP contribution in [0.1, 0.15) is 25.0 Å². The van der Waals surface area contributed by atoms with Gasteiger partial charge in [0.25, 0.3) is 0 Å². The van der Waals surface area contributed by atoms with Crippen molar-refractivity contribution >= 4 is 49.1 Å². The molecule has 9 heteroatoms. The Hall–Kier alpha value is -2.39. The molecule has 0 N–H and O–H groups in total. The Labute approximate surface area is 219 Å². The molecule has 0 saturated heterocycles. The molecule has 0 spiro atoms. The molecule has 0 unspecified atom stereocenters. The fourth-order valence-corrected chi connectivity index (χ4v) is 6.40. The number of sulfonamides is 1. The van der Waals surface area contributed by atoms with E-state index < -0.39 is 10.0 Å². The van der Waals surface area contributed by atoms with E-state index in [0.717, 1.165) is 21.3 Å². The van der Waals surface area contributed by atoms with Gasteiger partial charge in [0, 0.05) is 22.7 Å². The third kappa shape index (κ3) is 5.56. The molecule has 0 aromatic heterocycles. The van der Waals surface area contributed by atoms with Crippen LogP contribution in [0.3, 0.4) is 0 Å². The van der Waals surface area contributed by atoms with Gasteiger partial charge in [-0.2, -0.15) is 4.31 Å². The van der Waals surface area contributed by atoms with Gasteiger partial charge in [-0.25, -0.2) is 8.42 Å². The highest BCUT2D eigenvalue weighted by Crippen LogP contribution is 2.35. The van der Waals surface area contributed by atoms with Crippen LogP contribution in [0, 0.1) is 0 Å². The van der Waals surface area contributed by atoms with E-state index in [0.29, 0.717) is 18.8 Å². The third-order valence-corrected chi connectivity index (χ3v) is 8.46. The second-order valence-electron chi connectivity index (χ2n) is 8.37. The van der Waals surface area contributed by atoms with Crippen LogP contribution in [0.4, 0.5) is 5.69 Å². The van der Waals surface area contributed by atoms with Crippen LogP contribution in [0.2, 0.25) is 5.02 Å². The highest BCUT2D eigenvalue weighted by Gasteiger charge is 2.35. The molecule has 4 rings (SSSR count). The number of nitrogens with zero attached hydrogens (tertiary/aromatic N) is 2. The van der Waals surface area contributed by atoms with Crippen LogP contribution in [-0.2, 0) is 27.8 Å². The van der Waals surface area contributed by atoms with Crippen molar-refractivity contribution in [3.05, 3.63) is 87.4 Å². The Morgan fingerprint density at radius 3 is 2.57 bits per heavy atom. The lowest BCUT2D eigenvalue weighted by molar-refractivity contribution is -0.119. The highest BCUT2D eigenvalue weighted by atomic mass is 79.9. The molecule has 0 fully saturated rings. The molecule has 1 aliphatic heterocycles. The van der Waals surface area contributed by atoms with Crippen molar-refractivity contribution in [3.63, 3.8) is 0 Å². The standard InChI is InChI=1S/C26H26BrClN2O4S/c1-3-34-25-12-10-22(15-23(25)28)35(32,33)29(16-19-7-5-4-6-8-19)17-26(31)30-18(2)13-20-14-21(27)9-11-24(20)30/h4-12,14-15,18H,3,13,16-17H2,1-2H3/t18-/m1/s1. The maximum Gasteiger partial charge on any atom is 0.243 e. The molecule has 0 saturated carbocycles. The molecule has 0 bridgehead atoms. The van der Waals surface area contributed by atoms with Crippen molar-refractivity contribution in [1.29, 1.82) is 0 Å². The first-order valence-corrected chi connectivity index (χ1v) is 13.9. The van der Waals surface area contributed by atoms with Crippen molar-refractivity contribution in [2.45, 2.75) is 37.8 Å². The van der Waals surface area contributed by atoms with Crippen LogP contribution in [-0.4, -0.2) is 37.8 Å². The first-order valence-electron chi connectivity index (χ1n) is 11.3. The fraction of sp³-hybridized carbons (Fsp3) is 0.269. The lowest BCUT2D eigenvalue weighted by Gasteiger charge is -2.28. The quantitative estimate of drug-likeness (QED) is 0.346. The number of benzene rings is 3. The largest absolute Gasteiger partial charge is 0.492 e. The summed E-state index contributed by atoms with van der Waals surface area (Å²) < 4.78 is 35.1. The van der Waals surface area contributed by atoms with E-state index in [1.165, 1.54) is 22.5 Å². The van der Waals surface area contributed by atoms with Gasteiger partial charge in [-0.15, -0.1) is 0 Å². The second-order valence-corrected chi connectivity index (χ2v) is 11.6. The Morgan fingerprint density at radius 1 is 1.14 bits per heavy atom. The molecule has 3 aromatic carbocycles. The van der Waals surface area contributed by atoms with E-state index >= 15 is 0 Å². The molecule has 1 aliphatic rings. The zero-order valence-corrected chi connectivity index (χ0v) is 22.6. The maximum absolute atomic E-state index is 13.7. The van der Waals surface area contributed by atoms with Crippen LogP contribution in [0.5, 0.6) is 5.75 Å². The molecule has 184 valence electrons. The van der Waals surface area contributed by atoms with Gasteiger partial charge in [0.1, 0.15) is 5.75 Å². The molecular weight excluding hydrogens is 552 g/mol. The van der Waals surface area contributed by atoms with Gasteiger partial charge >= 0.3 is 0 Å². The minimum atomic E-state index is -4.04. The van der Waals surface area contributed by atoms with E-state index in [9.17, 15) is 13.2 Å². The number of carbonyl (C=O) groups excluding carboxylic acids is 1. The summed E-state index contributed by atoms with van der Waals surface area (Å²) in [5.41, 5.74) is 2.64. The van der Waals surface area contributed by atoms with Crippen LogP contribution in [0.15, 0.2) is 76.1 Å². The van der Waals surface area contributed by atoms with Gasteiger partial charge in [-0.1, -0.05) is 57.9 Å². The number of hydrogen-bond donors (Lipinski definition) is 0. The molecule has 1 amide bonds. The summed E-state index contributed by atoms with van der Waals surface area (Å²) in [6.07, 6.45) is 0.709. The molecule has 35 heavy (non-hydrogen) atoms. The number of anilines is 1. The molecule has 1 heterocycles. The average Bonchev–Trinajstić information content (AvgIpc) is 3.15. The monoisotopic (exact) mass is 576 g/mol. The maximum atomic E-state index is 13.7. The van der Waals surface area contributed by atoms with Gasteiger partial charge in [0.15, 0.2) is 0 Å². The number of rotatable bonds is 8. The highest BCUT2D eigenvalue weighted by molar-refractivity contribution is 9.10. The topological polar surface area (TPSA) is 66.9 Å². The van der Waals surface area contributed by atoms with Gasteiger partial charge in [0.05, 0.1) is 23.1 Å². The molecule has 3 aromatic rings. The van der Waals surface area contributed by atoms with Gasteiger partial charge in [0.2, 0.25) is 15.9 Å². The zero-order valence-electron chi connectivity index (χ0n) is 19.4.